The summed E-state index contributed by atoms with van der Waals surface area (Å²) in [5.74, 6) is -20.1. The van der Waals surface area contributed by atoms with Crippen molar-refractivity contribution < 1.29 is 96.8 Å². The van der Waals surface area contributed by atoms with Gasteiger partial charge < -0.3 is 131 Å². The van der Waals surface area contributed by atoms with E-state index in [1.54, 1.807) is 81.6 Å². The van der Waals surface area contributed by atoms with Gasteiger partial charge in [0, 0.05) is 106 Å². The second-order valence-corrected chi connectivity index (χ2v) is 36.5. The highest BCUT2D eigenvalue weighted by Crippen LogP contribution is 2.46. The number of hydrogen-bond acceptors (Lipinski definition) is 24. The number of H-pyrrole nitrogens is 2. The van der Waals surface area contributed by atoms with E-state index in [9.17, 15) is 53.7 Å². The number of carbonyl (C=O) groups is 17. The summed E-state index contributed by atoms with van der Waals surface area (Å²) < 4.78 is 0. The minimum absolute atomic E-state index is 0.0165. The number of benzene rings is 3. The number of phenols is 1. The third-order valence-corrected chi connectivity index (χ3v) is 25.9. The van der Waals surface area contributed by atoms with Crippen LogP contribution >= 0.6 is 11.8 Å². The summed E-state index contributed by atoms with van der Waals surface area (Å²) in [5.41, 5.74) is 17.7. The van der Waals surface area contributed by atoms with Crippen molar-refractivity contribution in [2.45, 2.75) is 240 Å². The van der Waals surface area contributed by atoms with Gasteiger partial charge in [0.15, 0.2) is 5.96 Å². The monoisotopic (exact) mass is 1920 g/mol. The molecule has 1 spiro atoms. The fraction of sp³-hybridized carbons (Fsp3) is 0.533. The van der Waals surface area contributed by atoms with Crippen LogP contribution in [0, 0.1) is 17.2 Å². The Kier molecular flexibility index (Phi) is 39.2. The van der Waals surface area contributed by atoms with Crippen LogP contribution in [0.4, 0.5) is 5.69 Å². The summed E-state index contributed by atoms with van der Waals surface area (Å²) in [6.45, 7) is 7.81. The number of aliphatic hydroxyl groups excluding tert-OH is 2. The zero-order valence-corrected chi connectivity index (χ0v) is 79.2. The number of carbonyl (C=O) groups excluding carboxylic acids is 17. The SMILES string of the molecule is CCCC[C@H]1C(=O)N(C)[C@@H](CCCC)C(=O)N[C@@H](CCCNC(=N)N)C(=O)NC(C(=O)NCC(N)=O)CSCC(=O)N[C@@H](Cc2ccc(O)cc2)C(=O)N(C)[C@@H](C)C(=O)N[C@@H](CC(N)=O)C(=O)N[C@]2(C[C@@H]2CC)C(=O)NC(Cc2cnc[nH]2)C(=O)N[C@@H](CC(C)C)C(=O)N2C[C@H](O)C[C@H]2C(=O)NC([C@H]2C=CNc3ccccc32)C(=O)N[C@@H](CO)C(=O)N[C@@H](Cc2c[nH]c3ccccc23)C(=O)N1C. The number of aromatic amines is 2. The van der Waals surface area contributed by atoms with Gasteiger partial charge >= 0.3 is 0 Å². The number of amides is 17. The van der Waals surface area contributed by atoms with Gasteiger partial charge in [-0.3, -0.25) is 86.9 Å². The molecule has 0 bridgehead atoms. The highest BCUT2D eigenvalue weighted by molar-refractivity contribution is 8.00. The summed E-state index contributed by atoms with van der Waals surface area (Å²) in [7, 11) is 3.89. The van der Waals surface area contributed by atoms with E-state index in [2.05, 4.69) is 84.1 Å². The number of aromatic hydroxyl groups is 1. The van der Waals surface area contributed by atoms with E-state index in [0.29, 0.717) is 64.7 Å². The first kappa shape index (κ1) is 107. The van der Waals surface area contributed by atoms with Gasteiger partial charge in [-0.25, -0.2) is 4.98 Å². The molecule has 3 aromatic carbocycles. The Hall–Kier alpha value is -13.7. The van der Waals surface area contributed by atoms with Crippen molar-refractivity contribution in [2.24, 2.45) is 29.0 Å². The molecule has 4 aliphatic rings. The van der Waals surface area contributed by atoms with Gasteiger partial charge in [0.2, 0.25) is 100 Å². The van der Waals surface area contributed by atoms with Crippen LogP contribution < -0.4 is 86.3 Å². The Bertz CT molecular complexity index is 5190. The van der Waals surface area contributed by atoms with E-state index in [4.69, 9.17) is 22.6 Å². The first-order chi connectivity index (χ1) is 65.2. The van der Waals surface area contributed by atoms with E-state index in [0.717, 1.165) is 31.4 Å². The van der Waals surface area contributed by atoms with Gasteiger partial charge in [0.25, 0.3) is 0 Å². The largest absolute Gasteiger partial charge is 0.508 e. The van der Waals surface area contributed by atoms with Gasteiger partial charge in [-0.15, -0.1) is 11.8 Å². The van der Waals surface area contributed by atoms with E-state index in [1.807, 2.05) is 13.8 Å². The number of fused-ring (bicyclic) bond motifs is 3. The van der Waals surface area contributed by atoms with Crippen molar-refractivity contribution in [3.63, 3.8) is 0 Å². The number of thioether (sulfide) groups is 1. The number of guanidine groups is 1. The fourth-order valence-corrected chi connectivity index (χ4v) is 17.9. The second kappa shape index (κ2) is 50.2. The van der Waals surface area contributed by atoms with Crippen molar-refractivity contribution in [3.8, 4) is 5.75 Å². The van der Waals surface area contributed by atoms with Crippen molar-refractivity contribution in [1.82, 2.24) is 98.4 Å². The molecule has 0 radical (unpaired) electrons. The zero-order chi connectivity index (χ0) is 100. The predicted octanol–water partition coefficient (Wildman–Crippen LogP) is -2.64. The molecule has 2 saturated heterocycles. The standard InChI is InChI=1S/C92H130N24O20S/c1-10-13-25-70-83(129)104-62(24-19-32-99-91(95)96)79(125)109-69(78(124)101-43-74(94)121)46-137-47-75(122)103-66(35-51-27-29-55(118)30-28-51)86(132)113(7)50(6)77(123)105-64(39-73(93)120)82(128)112-92(40-53(92)12-3)90(136)110-63(37-54-42-97-48-102-54)80(126)106-65(34-49(4)5)88(134)116-44-56(119)38-72(116)84(130)111-76(59-31-33-98-61-23-18-16-21-58(59)61)85(131)108-68(45-117)81(127)107-67(36-52-41-100-60-22-17-15-20-57(52)60)87(133)115(9)71(26-14-11-2)89(135)114(70)8/h15-18,20-23,27-31,33,41-42,48-50,53,56,59,62-72,76,98,100,117-119H,10-14,19,24-26,32,34-40,43-47H2,1-9H3,(H2,93,120)(H2,94,121)(H,97,102)(H,101,124)(H,103,122)(H,104,129)(H,105,123)(H,106,126)(H,107,127)(H,108,131)(H,109,125)(H,110,136)(H,111,130)(H,112,128)(H4,95,96,99)/t50-,53-,56+,59-,62-,63?,64-,65-,66-,67-,68-,69?,70-,71-,72-,76?,92-/m0/s1. The Balaban J connectivity index is 1.11. The molecule has 9 rings (SSSR count). The van der Waals surface area contributed by atoms with Crippen molar-refractivity contribution in [1.29, 1.82) is 5.41 Å². The molecular formula is C92H130N24O20S. The third-order valence-electron chi connectivity index (χ3n) is 24.9. The minimum atomic E-state index is -1.91. The number of nitrogens with two attached hydrogens (primary N) is 3. The molecule has 45 heteroatoms. The number of aromatic nitrogens is 3. The molecule has 17 amide bonds. The Labute approximate surface area is 797 Å². The molecular weight excluding hydrogens is 1790 g/mol. The van der Waals surface area contributed by atoms with Crippen molar-refractivity contribution in [3.05, 3.63) is 126 Å². The first-order valence-electron chi connectivity index (χ1n) is 46.0. The number of nitrogens with zero attached hydrogens (tertiary/aromatic N) is 5. The lowest BCUT2D eigenvalue weighted by Gasteiger charge is -2.36. The van der Waals surface area contributed by atoms with Gasteiger partial charge in [-0.2, -0.15) is 0 Å². The molecule has 3 aliphatic heterocycles. The topological polar surface area (TPSA) is 667 Å². The smallest absolute Gasteiger partial charge is 0.246 e. The highest BCUT2D eigenvalue weighted by atomic mass is 32.2. The average molecular weight is 1920 g/mol. The Morgan fingerprint density at radius 1 is 0.628 bits per heavy atom. The lowest BCUT2D eigenvalue weighted by Crippen LogP contribution is -2.62. The quantitative estimate of drug-likeness (QED) is 0.0153. The van der Waals surface area contributed by atoms with Gasteiger partial charge in [-0.1, -0.05) is 121 Å². The predicted molar refractivity (Wildman–Crippen MR) is 504 cm³/mol. The summed E-state index contributed by atoms with van der Waals surface area (Å²) in [6.07, 6.45) is 5.33. The molecule has 5 heterocycles. The third kappa shape index (κ3) is 29.2. The van der Waals surface area contributed by atoms with Crippen LogP contribution in [0.1, 0.15) is 153 Å². The summed E-state index contributed by atoms with van der Waals surface area (Å²) in [4.78, 5) is 266. The maximum Gasteiger partial charge on any atom is 0.246 e. The van der Waals surface area contributed by atoms with Crippen LogP contribution in [-0.2, 0) is 101 Å². The normalized spacial score (nSPS) is 26.3. The molecule has 3 unspecified atom stereocenters. The van der Waals surface area contributed by atoms with Gasteiger partial charge in [-0.05, 0) is 104 Å². The van der Waals surface area contributed by atoms with Crippen LogP contribution in [-0.4, -0.2) is 305 Å². The molecule has 44 nitrogen and oxygen atoms in total. The second-order valence-electron chi connectivity index (χ2n) is 35.5. The Morgan fingerprint density at radius 2 is 1.26 bits per heavy atom. The number of imidazole rings is 1. The fourth-order valence-electron chi connectivity index (χ4n) is 17.0. The number of phenolic OH excluding ortho intramolecular Hbond substituents is 1. The van der Waals surface area contributed by atoms with Gasteiger partial charge in [0.05, 0.1) is 37.8 Å². The lowest BCUT2D eigenvalue weighted by atomic mass is 9.87. The molecule has 1 saturated carbocycles. The van der Waals surface area contributed by atoms with E-state index >= 15 is 43.2 Å². The molecule has 17 atom stereocenters. The highest BCUT2D eigenvalue weighted by Gasteiger charge is 2.61. The molecule has 3 fully saturated rings. The maximum absolute atomic E-state index is 15.8. The molecule has 2 aromatic heterocycles. The molecule has 5 aromatic rings. The van der Waals surface area contributed by atoms with Crippen molar-refractivity contribution >= 4 is 135 Å². The number of nitrogens with one attached hydrogen (secondary N) is 16. The number of rotatable bonds is 26. The van der Waals surface area contributed by atoms with E-state index < -0.39 is 252 Å². The average Bonchev–Trinajstić information content (AvgIpc) is 1.58. The lowest BCUT2D eigenvalue weighted by molar-refractivity contribution is -0.149. The summed E-state index contributed by atoms with van der Waals surface area (Å²) in [5, 5.41) is 76.5. The van der Waals surface area contributed by atoms with Gasteiger partial charge in [0.1, 0.15) is 89.8 Å². The zero-order valence-electron chi connectivity index (χ0n) is 78.3. The van der Waals surface area contributed by atoms with Crippen LogP contribution in [0.5, 0.6) is 5.75 Å². The van der Waals surface area contributed by atoms with Crippen LogP contribution in [0.15, 0.2) is 104 Å². The number of likely N-dealkylation sites (N-methyl/N-ethyl adjacent to an activating group) is 3. The summed E-state index contributed by atoms with van der Waals surface area (Å²) >= 11 is 0.757. The number of primary amides is 2. The Morgan fingerprint density at radius 3 is 1.92 bits per heavy atom. The minimum Gasteiger partial charge on any atom is -0.508 e. The summed E-state index contributed by atoms with van der Waals surface area (Å²) in [6, 6.07) is -1.42. The maximum atomic E-state index is 15.8. The van der Waals surface area contributed by atoms with Crippen molar-refractivity contribution in [2.75, 3.05) is 64.2 Å². The van der Waals surface area contributed by atoms with E-state index in [-0.39, 0.29) is 82.4 Å². The van der Waals surface area contributed by atoms with Crippen LogP contribution in [0.3, 0.4) is 0 Å². The molecule has 744 valence electrons. The number of para-hydroxylation sites is 2. The van der Waals surface area contributed by atoms with Crippen LogP contribution in [0.2, 0.25) is 0 Å². The van der Waals surface area contributed by atoms with Crippen LogP contribution in [0.25, 0.3) is 10.9 Å². The van der Waals surface area contributed by atoms with E-state index in [1.165, 1.54) is 71.1 Å². The number of unbranched alkanes of at least 4 members (excludes halogenated alkanes) is 2. The molecule has 1 aliphatic carbocycles. The number of hydrogen-bond donors (Lipinski definition) is 22. The molecule has 137 heavy (non-hydrogen) atoms. The molecule has 25 N–H and O–H groups in total. The first-order valence-corrected chi connectivity index (χ1v) is 47.1. The number of anilines is 1. The number of aliphatic hydroxyl groups is 2.